The molecule has 0 aromatic carbocycles. The predicted octanol–water partition coefficient (Wildman–Crippen LogP) is 1.47. The number of nitrogens with one attached hydrogen (secondary N) is 3. The Bertz CT molecular complexity index is 550. The molecule has 0 saturated heterocycles. The molecule has 1 rings (SSSR count). The molecule has 1 unspecified atom stereocenters. The van der Waals surface area contributed by atoms with Gasteiger partial charge in [0, 0.05) is 18.8 Å². The molecule has 1 atom stereocenters. The molecule has 24 heavy (non-hydrogen) atoms. The highest BCUT2D eigenvalue weighted by atomic mass is 16.6. The smallest absolute Gasteiger partial charge is 0.408 e. The number of rotatable bonds is 6. The number of hydrogen-bond donors (Lipinski definition) is 4. The number of aliphatic hydroxyl groups excluding tert-OH is 1. The number of carbonyl (C=O) groups excluding carboxylic acids is 2. The van der Waals surface area contributed by atoms with E-state index >= 15 is 0 Å². The Kier molecular flexibility index (Phi) is 7.02. The van der Waals surface area contributed by atoms with Gasteiger partial charge < -0.3 is 25.8 Å². The van der Waals surface area contributed by atoms with Crippen LogP contribution in [0.2, 0.25) is 0 Å². The summed E-state index contributed by atoms with van der Waals surface area (Å²) in [4.78, 5) is 23.5. The maximum atomic E-state index is 11.8. The number of urea groups is 1. The predicted molar refractivity (Wildman–Crippen MR) is 89.9 cm³/mol. The van der Waals surface area contributed by atoms with E-state index in [1.165, 1.54) is 0 Å². The summed E-state index contributed by atoms with van der Waals surface area (Å²) >= 11 is 0. The van der Waals surface area contributed by atoms with Crippen molar-refractivity contribution in [1.82, 2.24) is 20.4 Å². The first-order valence-corrected chi connectivity index (χ1v) is 7.80. The minimum Gasteiger partial charge on any atom is -0.444 e. The van der Waals surface area contributed by atoms with Crippen LogP contribution in [-0.2, 0) is 4.74 Å². The van der Waals surface area contributed by atoms with Gasteiger partial charge in [-0.3, -0.25) is 4.68 Å². The Hall–Kier alpha value is -2.29. The van der Waals surface area contributed by atoms with Gasteiger partial charge in [-0.2, -0.15) is 5.10 Å². The fourth-order valence-electron chi connectivity index (χ4n) is 1.71. The van der Waals surface area contributed by atoms with E-state index in [4.69, 9.17) is 4.74 Å². The number of aliphatic hydroxyl groups is 1. The van der Waals surface area contributed by atoms with Crippen molar-refractivity contribution in [2.45, 2.75) is 52.3 Å². The second-order valence-electron chi connectivity index (χ2n) is 6.66. The number of aromatic nitrogens is 2. The minimum absolute atomic E-state index is 0.0555. The fraction of sp³-hybridized carbons (Fsp3) is 0.667. The van der Waals surface area contributed by atoms with Crippen molar-refractivity contribution in [2.75, 3.05) is 18.5 Å². The molecule has 136 valence electrons. The maximum Gasteiger partial charge on any atom is 0.408 e. The van der Waals surface area contributed by atoms with Gasteiger partial charge >= 0.3 is 12.1 Å². The van der Waals surface area contributed by atoms with E-state index < -0.39 is 23.8 Å². The number of ether oxygens (including phenoxy) is 1. The van der Waals surface area contributed by atoms with E-state index in [1.54, 1.807) is 37.8 Å². The van der Waals surface area contributed by atoms with Gasteiger partial charge in [0.25, 0.3) is 0 Å². The monoisotopic (exact) mass is 341 g/mol. The van der Waals surface area contributed by atoms with Gasteiger partial charge in [-0.25, -0.2) is 9.59 Å². The number of nitrogens with zero attached hydrogens (tertiary/aromatic N) is 2. The summed E-state index contributed by atoms with van der Waals surface area (Å²) in [5.41, 5.74) is -0.0762. The van der Waals surface area contributed by atoms with E-state index in [0.29, 0.717) is 5.69 Å². The number of hydrogen-bond acceptors (Lipinski definition) is 5. The SMILES string of the molecule is CC(C)n1cc(NC(=O)NCC(CO)NC(=O)OC(C)(C)C)cn1. The molecule has 1 aromatic heterocycles. The highest BCUT2D eigenvalue weighted by Crippen LogP contribution is 2.09. The van der Waals surface area contributed by atoms with Crippen LogP contribution in [0.15, 0.2) is 12.4 Å². The highest BCUT2D eigenvalue weighted by molar-refractivity contribution is 5.88. The van der Waals surface area contributed by atoms with Gasteiger partial charge in [-0.1, -0.05) is 0 Å². The van der Waals surface area contributed by atoms with Crippen molar-refractivity contribution in [1.29, 1.82) is 0 Å². The summed E-state index contributed by atoms with van der Waals surface area (Å²) in [5, 5.41) is 21.1. The Morgan fingerprint density at radius 1 is 1.38 bits per heavy atom. The molecule has 9 nitrogen and oxygen atoms in total. The van der Waals surface area contributed by atoms with Crippen LogP contribution in [0, 0.1) is 0 Å². The van der Waals surface area contributed by atoms with E-state index in [9.17, 15) is 14.7 Å². The van der Waals surface area contributed by atoms with Crippen molar-refractivity contribution in [3.05, 3.63) is 12.4 Å². The number of amides is 3. The first-order valence-electron chi connectivity index (χ1n) is 7.80. The Labute approximate surface area is 141 Å². The quantitative estimate of drug-likeness (QED) is 0.625. The lowest BCUT2D eigenvalue weighted by Crippen LogP contribution is -2.48. The molecule has 9 heteroatoms. The van der Waals surface area contributed by atoms with Crippen LogP contribution >= 0.6 is 0 Å². The zero-order valence-electron chi connectivity index (χ0n) is 14.8. The molecular formula is C15H27N5O4. The van der Waals surface area contributed by atoms with Crippen molar-refractivity contribution in [3.63, 3.8) is 0 Å². The lowest BCUT2D eigenvalue weighted by Gasteiger charge is -2.22. The minimum atomic E-state index is -0.651. The van der Waals surface area contributed by atoms with Gasteiger partial charge in [0.15, 0.2) is 0 Å². The highest BCUT2D eigenvalue weighted by Gasteiger charge is 2.19. The molecule has 0 aliphatic rings. The third-order valence-corrected chi connectivity index (χ3v) is 2.84. The van der Waals surface area contributed by atoms with Crippen molar-refractivity contribution in [2.24, 2.45) is 0 Å². The zero-order chi connectivity index (χ0) is 18.3. The molecular weight excluding hydrogens is 314 g/mol. The Morgan fingerprint density at radius 2 is 2.04 bits per heavy atom. The van der Waals surface area contributed by atoms with Gasteiger partial charge in [0.1, 0.15) is 5.60 Å². The molecule has 0 radical (unpaired) electrons. The average Bonchev–Trinajstić information content (AvgIpc) is 2.90. The third-order valence-electron chi connectivity index (χ3n) is 2.84. The zero-order valence-corrected chi connectivity index (χ0v) is 14.8. The first-order chi connectivity index (χ1) is 11.1. The molecule has 3 amide bonds. The topological polar surface area (TPSA) is 118 Å². The van der Waals surface area contributed by atoms with Crippen molar-refractivity contribution < 1.29 is 19.4 Å². The van der Waals surface area contributed by atoms with Crippen molar-refractivity contribution >= 4 is 17.8 Å². The number of anilines is 1. The van der Waals surface area contributed by atoms with E-state index in [2.05, 4.69) is 21.0 Å². The summed E-state index contributed by atoms with van der Waals surface area (Å²) < 4.78 is 6.82. The average molecular weight is 341 g/mol. The second kappa shape index (κ2) is 8.53. The molecule has 0 bridgehead atoms. The molecule has 0 fully saturated rings. The van der Waals surface area contributed by atoms with Crippen LogP contribution in [0.1, 0.15) is 40.7 Å². The summed E-state index contributed by atoms with van der Waals surface area (Å²) in [6, 6.07) is -0.910. The standard InChI is InChI=1S/C15H27N5O4/c1-10(2)20-8-11(7-17-20)18-13(22)16-6-12(9-21)19-14(23)24-15(3,4)5/h7-8,10,12,21H,6,9H2,1-5H3,(H,19,23)(H2,16,18,22). The lowest BCUT2D eigenvalue weighted by atomic mass is 10.2. The summed E-state index contributed by atoms with van der Waals surface area (Å²) in [6.45, 7) is 8.90. The normalized spacial score (nSPS) is 12.6. The molecule has 0 saturated carbocycles. The number of alkyl carbamates (subject to hydrolysis) is 1. The van der Waals surface area contributed by atoms with Crippen LogP contribution in [0.4, 0.5) is 15.3 Å². The molecule has 0 aliphatic heterocycles. The number of carbonyl (C=O) groups is 2. The first kappa shape index (κ1) is 19.8. The fourth-order valence-corrected chi connectivity index (χ4v) is 1.71. The summed E-state index contributed by atoms with van der Waals surface area (Å²) in [6.07, 6.45) is 2.61. The van der Waals surface area contributed by atoms with Crippen LogP contribution in [0.5, 0.6) is 0 Å². The maximum absolute atomic E-state index is 11.8. The van der Waals surface area contributed by atoms with Crippen LogP contribution in [-0.4, -0.2) is 51.8 Å². The largest absolute Gasteiger partial charge is 0.444 e. The van der Waals surface area contributed by atoms with Crippen LogP contribution in [0.3, 0.4) is 0 Å². The van der Waals surface area contributed by atoms with E-state index in [0.717, 1.165) is 0 Å². The molecule has 1 heterocycles. The second-order valence-corrected chi connectivity index (χ2v) is 6.66. The van der Waals surface area contributed by atoms with E-state index in [1.807, 2.05) is 13.8 Å². The molecule has 0 aliphatic carbocycles. The summed E-state index contributed by atoms with van der Waals surface area (Å²) in [5.74, 6) is 0. The lowest BCUT2D eigenvalue weighted by molar-refractivity contribution is 0.0483. The third kappa shape index (κ3) is 7.32. The molecule has 4 N–H and O–H groups in total. The van der Waals surface area contributed by atoms with Gasteiger partial charge in [-0.15, -0.1) is 0 Å². The van der Waals surface area contributed by atoms with Crippen molar-refractivity contribution in [3.8, 4) is 0 Å². The van der Waals surface area contributed by atoms with E-state index in [-0.39, 0.29) is 19.2 Å². The van der Waals surface area contributed by atoms with Gasteiger partial charge in [0.05, 0.1) is 24.5 Å². The Balaban J connectivity index is 2.41. The molecule has 1 aromatic rings. The van der Waals surface area contributed by atoms with Crippen LogP contribution in [0.25, 0.3) is 0 Å². The van der Waals surface area contributed by atoms with Gasteiger partial charge in [-0.05, 0) is 34.6 Å². The molecule has 0 spiro atoms. The van der Waals surface area contributed by atoms with Crippen LogP contribution < -0.4 is 16.0 Å². The van der Waals surface area contributed by atoms with Gasteiger partial charge in [0.2, 0.25) is 0 Å². The Morgan fingerprint density at radius 3 is 2.54 bits per heavy atom. The summed E-state index contributed by atoms with van der Waals surface area (Å²) in [7, 11) is 0.